The van der Waals surface area contributed by atoms with Gasteiger partial charge in [-0.2, -0.15) is 0 Å². The maximum Gasteiger partial charge on any atom is 0.200 e. The predicted octanol–water partition coefficient (Wildman–Crippen LogP) is 12.7. The number of ether oxygens (including phenoxy) is 3. The van der Waals surface area contributed by atoms with Crippen molar-refractivity contribution in [2.75, 3.05) is 0 Å². The van der Waals surface area contributed by atoms with Gasteiger partial charge in [-0.25, -0.2) is 0 Å². The van der Waals surface area contributed by atoms with Gasteiger partial charge >= 0.3 is 0 Å². The topological polar surface area (TPSA) is 40.2 Å². The summed E-state index contributed by atoms with van der Waals surface area (Å²) in [6, 6.07) is 25.2. The molecule has 50 heavy (non-hydrogen) atoms. The highest BCUT2D eigenvalue weighted by Crippen LogP contribution is 2.43. The van der Waals surface area contributed by atoms with Crippen molar-refractivity contribution in [1.82, 2.24) is 0 Å². The molecule has 1 aliphatic heterocycles. The number of hydrogen-bond donors (Lipinski definition) is 0. The Morgan fingerprint density at radius 1 is 0.700 bits per heavy atom. The van der Waals surface area contributed by atoms with Gasteiger partial charge in [-0.3, -0.25) is 0 Å². The molecule has 4 rings (SSSR count). The molecule has 1 aliphatic rings. The van der Waals surface area contributed by atoms with Crippen LogP contribution in [-0.4, -0.2) is 20.0 Å². The Morgan fingerprint density at radius 2 is 1.18 bits per heavy atom. The van der Waals surface area contributed by atoms with E-state index in [2.05, 4.69) is 142 Å². The third kappa shape index (κ3) is 11.2. The van der Waals surface area contributed by atoms with Crippen LogP contribution >= 0.6 is 0 Å². The smallest absolute Gasteiger partial charge is 0.200 e. The van der Waals surface area contributed by atoms with E-state index >= 15 is 0 Å². The fourth-order valence-electron chi connectivity index (χ4n) is 7.52. The standard InChI is InChI=1S/C45H64O4Si/c1-33(2)50(34(3)4,35(5)6)48-32-40-28-42(46-30-38-20-13-11-14-21-38)41(43(29-40)47-31-39-22-15-12-16-23-39)26-24-36(7)18-17-19-37(8)25-27-44-45(9,10)49-44/h11-16,19-24,28-29,33-35,44H,17-18,25-27,30-32H2,1-10H3/b36-24+,37-19+/t44-/m0/s1. The van der Waals surface area contributed by atoms with Crippen LogP contribution < -0.4 is 9.47 Å². The van der Waals surface area contributed by atoms with E-state index < -0.39 is 8.32 Å². The molecule has 1 atom stereocenters. The summed E-state index contributed by atoms with van der Waals surface area (Å²) in [5, 5.41) is 0. The molecule has 4 nitrogen and oxygen atoms in total. The van der Waals surface area contributed by atoms with Crippen molar-refractivity contribution in [2.45, 2.75) is 149 Å². The summed E-state index contributed by atoms with van der Waals surface area (Å²) >= 11 is 0. The van der Waals surface area contributed by atoms with E-state index in [1.807, 2.05) is 12.1 Å². The zero-order chi connectivity index (χ0) is 36.3. The molecule has 272 valence electrons. The fourth-order valence-corrected chi connectivity index (χ4v) is 12.9. The summed E-state index contributed by atoms with van der Waals surface area (Å²) < 4.78 is 26.2. The molecule has 0 saturated carbocycles. The minimum absolute atomic E-state index is 0.0702. The monoisotopic (exact) mass is 696 g/mol. The molecule has 5 heteroatoms. The molecule has 0 spiro atoms. The molecule has 0 aliphatic carbocycles. The van der Waals surface area contributed by atoms with Crippen LogP contribution in [0.1, 0.15) is 117 Å². The van der Waals surface area contributed by atoms with Crippen LogP contribution in [0.2, 0.25) is 16.6 Å². The van der Waals surface area contributed by atoms with Crippen LogP contribution in [0.15, 0.2) is 96.1 Å². The number of allylic oxidation sites excluding steroid dienone is 4. The van der Waals surface area contributed by atoms with Crippen LogP contribution in [0.3, 0.4) is 0 Å². The molecule has 0 aromatic heterocycles. The van der Waals surface area contributed by atoms with Gasteiger partial charge in [0.25, 0.3) is 0 Å². The Balaban J connectivity index is 1.60. The Hall–Kier alpha value is -3.12. The average Bonchev–Trinajstić information content (AvgIpc) is 3.71. The van der Waals surface area contributed by atoms with Crippen LogP contribution in [0, 0.1) is 0 Å². The Morgan fingerprint density at radius 3 is 1.64 bits per heavy atom. The summed E-state index contributed by atoms with van der Waals surface area (Å²) in [5.41, 5.74) is 8.89. The van der Waals surface area contributed by atoms with Crippen LogP contribution in [0.25, 0.3) is 0 Å². The second-order valence-electron chi connectivity index (χ2n) is 15.8. The first-order chi connectivity index (χ1) is 23.8. The van der Waals surface area contributed by atoms with Gasteiger partial charge in [0.2, 0.25) is 8.32 Å². The Kier molecular flexibility index (Phi) is 14.6. The largest absolute Gasteiger partial charge is 0.488 e. The summed E-state index contributed by atoms with van der Waals surface area (Å²) in [7, 11) is -2.07. The SMILES string of the molecule is C/C(=C\Cc1c(OCc2ccccc2)cc(CO[Si](C(C)C)(C(C)C)C(C)C)cc1OCc1ccccc1)CC/C=C(\C)CC[C@@H]1OC1(C)C. The van der Waals surface area contributed by atoms with E-state index in [1.54, 1.807) is 0 Å². The highest BCUT2D eigenvalue weighted by Gasteiger charge is 2.47. The lowest BCUT2D eigenvalue weighted by Gasteiger charge is -2.42. The van der Waals surface area contributed by atoms with Crippen molar-refractivity contribution in [3.63, 3.8) is 0 Å². The highest BCUT2D eigenvalue weighted by molar-refractivity contribution is 6.77. The number of benzene rings is 3. The van der Waals surface area contributed by atoms with E-state index in [9.17, 15) is 0 Å². The van der Waals surface area contributed by atoms with Gasteiger partial charge in [0.1, 0.15) is 24.7 Å². The molecule has 0 amide bonds. The van der Waals surface area contributed by atoms with Gasteiger partial charge in [-0.15, -0.1) is 0 Å². The normalized spacial score (nSPS) is 16.4. The molecule has 1 heterocycles. The Labute approximate surface area is 305 Å². The highest BCUT2D eigenvalue weighted by atomic mass is 28.4. The van der Waals surface area contributed by atoms with E-state index in [4.69, 9.17) is 18.6 Å². The van der Waals surface area contributed by atoms with Gasteiger partial charge < -0.3 is 18.6 Å². The van der Waals surface area contributed by atoms with Gasteiger partial charge in [-0.05, 0) is 105 Å². The first kappa shape index (κ1) is 39.7. The average molecular weight is 697 g/mol. The van der Waals surface area contributed by atoms with Crippen molar-refractivity contribution in [3.8, 4) is 11.5 Å². The molecule has 0 N–H and O–H groups in total. The van der Waals surface area contributed by atoms with Crippen LogP contribution in [0.4, 0.5) is 0 Å². The van der Waals surface area contributed by atoms with Crippen LogP contribution in [-0.2, 0) is 35.4 Å². The Bertz CT molecular complexity index is 1450. The number of rotatable bonds is 20. The summed E-state index contributed by atoms with van der Waals surface area (Å²) in [5.74, 6) is 1.74. The van der Waals surface area contributed by atoms with Gasteiger partial charge in [0.05, 0.1) is 18.3 Å². The van der Waals surface area contributed by atoms with E-state index in [0.29, 0.717) is 42.5 Å². The van der Waals surface area contributed by atoms with Crippen molar-refractivity contribution >= 4 is 8.32 Å². The molecule has 0 bridgehead atoms. The molecular weight excluding hydrogens is 633 g/mol. The third-order valence-corrected chi connectivity index (χ3v) is 16.6. The molecule has 3 aromatic carbocycles. The first-order valence-electron chi connectivity index (χ1n) is 18.9. The van der Waals surface area contributed by atoms with Gasteiger partial charge in [0.15, 0.2) is 0 Å². The number of hydrogen-bond acceptors (Lipinski definition) is 4. The predicted molar refractivity (Wildman–Crippen MR) is 212 cm³/mol. The van der Waals surface area contributed by atoms with E-state index in [-0.39, 0.29) is 5.60 Å². The lowest BCUT2D eigenvalue weighted by atomic mass is 10.0. The molecule has 0 unspecified atom stereocenters. The van der Waals surface area contributed by atoms with E-state index in [0.717, 1.165) is 65.9 Å². The van der Waals surface area contributed by atoms with Gasteiger partial charge in [0, 0.05) is 5.56 Å². The maximum atomic E-state index is 7.08. The molecular formula is C45H64O4Si. The van der Waals surface area contributed by atoms with Crippen molar-refractivity contribution in [2.24, 2.45) is 0 Å². The third-order valence-electron chi connectivity index (χ3n) is 10.5. The second-order valence-corrected chi connectivity index (χ2v) is 21.3. The first-order valence-corrected chi connectivity index (χ1v) is 21.1. The maximum absolute atomic E-state index is 7.08. The zero-order valence-electron chi connectivity index (χ0n) is 32.7. The lowest BCUT2D eigenvalue weighted by molar-refractivity contribution is 0.259. The molecule has 0 radical (unpaired) electrons. The summed E-state index contributed by atoms with van der Waals surface area (Å²) in [6.45, 7) is 24.4. The van der Waals surface area contributed by atoms with Gasteiger partial charge in [-0.1, -0.05) is 126 Å². The quantitative estimate of drug-likeness (QED) is 0.0670. The fraction of sp³-hybridized carbons (Fsp3) is 0.511. The lowest BCUT2D eigenvalue weighted by Crippen LogP contribution is -2.47. The summed E-state index contributed by atoms with van der Waals surface area (Å²) in [6.07, 6.45) is 10.2. The molecule has 1 fully saturated rings. The molecule has 1 saturated heterocycles. The van der Waals surface area contributed by atoms with Crippen LogP contribution in [0.5, 0.6) is 11.5 Å². The second kappa shape index (κ2) is 18.4. The molecule has 3 aromatic rings. The minimum Gasteiger partial charge on any atom is -0.488 e. The van der Waals surface area contributed by atoms with Crippen molar-refractivity contribution in [3.05, 3.63) is 118 Å². The van der Waals surface area contributed by atoms with E-state index in [1.165, 1.54) is 11.1 Å². The minimum atomic E-state index is -2.07. The van der Waals surface area contributed by atoms with Crippen molar-refractivity contribution < 1.29 is 18.6 Å². The zero-order valence-corrected chi connectivity index (χ0v) is 33.7. The van der Waals surface area contributed by atoms with Crippen molar-refractivity contribution in [1.29, 1.82) is 0 Å². The summed E-state index contributed by atoms with van der Waals surface area (Å²) in [4.78, 5) is 0. The number of epoxide rings is 1.